The van der Waals surface area contributed by atoms with Gasteiger partial charge >= 0.3 is 0 Å². The molecule has 0 aliphatic heterocycles. The molecule has 0 aliphatic rings. The van der Waals surface area contributed by atoms with Gasteiger partial charge in [-0.15, -0.1) is 0 Å². The zero-order valence-corrected chi connectivity index (χ0v) is 9.49. The van der Waals surface area contributed by atoms with E-state index in [-0.39, 0.29) is 18.7 Å². The van der Waals surface area contributed by atoms with Crippen LogP contribution in [-0.4, -0.2) is 41.8 Å². The zero-order valence-electron chi connectivity index (χ0n) is 9.49. The Morgan fingerprint density at radius 3 is 1.92 bits per heavy atom. The molecule has 0 heterocycles. The van der Waals surface area contributed by atoms with E-state index in [2.05, 4.69) is 32.6 Å². The van der Waals surface area contributed by atoms with Crippen LogP contribution >= 0.6 is 0 Å². The van der Waals surface area contributed by atoms with E-state index in [1.54, 1.807) is 0 Å². The Labute approximate surface area is 81.9 Å². The Kier molecular flexibility index (Phi) is 5.53. The van der Waals surface area contributed by atoms with Crippen molar-refractivity contribution in [2.45, 2.75) is 45.8 Å². The van der Waals surface area contributed by atoms with Crippen molar-refractivity contribution in [3.8, 4) is 0 Å². The van der Waals surface area contributed by atoms with Crippen LogP contribution in [0.4, 0.5) is 0 Å². The summed E-state index contributed by atoms with van der Waals surface area (Å²) >= 11 is 0. The summed E-state index contributed by atoms with van der Waals surface area (Å²) in [6.45, 7) is 8.52. The van der Waals surface area contributed by atoms with Gasteiger partial charge in [0, 0.05) is 18.1 Å². The summed E-state index contributed by atoms with van der Waals surface area (Å²) in [5, 5.41) is 9.24. The minimum atomic E-state index is 0.0393. The highest BCUT2D eigenvalue weighted by Gasteiger charge is 2.25. The highest BCUT2D eigenvalue weighted by Crippen LogP contribution is 2.11. The van der Waals surface area contributed by atoms with Crippen LogP contribution in [0.5, 0.6) is 0 Å². The largest absolute Gasteiger partial charge is 0.395 e. The van der Waals surface area contributed by atoms with E-state index in [1.165, 1.54) is 0 Å². The first kappa shape index (κ1) is 12.9. The van der Waals surface area contributed by atoms with Crippen LogP contribution in [-0.2, 0) is 0 Å². The third-order valence-electron chi connectivity index (χ3n) is 2.74. The topological polar surface area (TPSA) is 49.5 Å². The second-order valence-electron chi connectivity index (χ2n) is 4.33. The van der Waals surface area contributed by atoms with Gasteiger partial charge in [-0.3, -0.25) is 4.90 Å². The maximum Gasteiger partial charge on any atom is 0.0602 e. The molecule has 0 spiro atoms. The van der Waals surface area contributed by atoms with Crippen LogP contribution in [0.1, 0.15) is 27.7 Å². The Morgan fingerprint density at radius 1 is 1.23 bits per heavy atom. The van der Waals surface area contributed by atoms with E-state index in [4.69, 9.17) is 5.73 Å². The number of nitrogens with two attached hydrogens (primary N) is 1. The van der Waals surface area contributed by atoms with Crippen molar-refractivity contribution in [1.82, 2.24) is 4.90 Å². The predicted molar refractivity (Wildman–Crippen MR) is 56.6 cm³/mol. The maximum atomic E-state index is 9.24. The molecule has 3 N–H and O–H groups in total. The molecule has 2 unspecified atom stereocenters. The first-order chi connectivity index (χ1) is 5.91. The van der Waals surface area contributed by atoms with Gasteiger partial charge in [0.25, 0.3) is 0 Å². The van der Waals surface area contributed by atoms with Crippen LogP contribution in [0.15, 0.2) is 0 Å². The molecule has 0 rings (SSSR count). The van der Waals surface area contributed by atoms with Crippen molar-refractivity contribution >= 4 is 0 Å². The fourth-order valence-electron chi connectivity index (χ4n) is 1.35. The Hall–Kier alpha value is -0.120. The van der Waals surface area contributed by atoms with Gasteiger partial charge in [0.15, 0.2) is 0 Å². The monoisotopic (exact) mass is 188 g/mol. The second kappa shape index (κ2) is 5.58. The fraction of sp³-hybridized carbons (Fsp3) is 1.00. The highest BCUT2D eigenvalue weighted by molar-refractivity contribution is 4.83. The van der Waals surface area contributed by atoms with Crippen LogP contribution < -0.4 is 5.73 Å². The zero-order chi connectivity index (χ0) is 10.6. The van der Waals surface area contributed by atoms with Crippen molar-refractivity contribution in [2.75, 3.05) is 13.7 Å². The average Bonchev–Trinajstić information content (AvgIpc) is 2.04. The number of aliphatic hydroxyl groups excluding tert-OH is 1. The van der Waals surface area contributed by atoms with Crippen LogP contribution in [0.3, 0.4) is 0 Å². The molecule has 2 atom stereocenters. The number of hydrogen-bond donors (Lipinski definition) is 2. The fourth-order valence-corrected chi connectivity index (χ4v) is 1.35. The normalized spacial score (nSPS) is 17.1. The standard InChI is InChI=1S/C10H24N2O/c1-7(2)10(11)9(6-13)12(5)8(3)4/h7-10,13H,6,11H2,1-5H3. The first-order valence-electron chi connectivity index (χ1n) is 5.00. The predicted octanol–water partition coefficient (Wildman–Crippen LogP) is 0.671. The third-order valence-corrected chi connectivity index (χ3v) is 2.74. The molecule has 0 radical (unpaired) electrons. The van der Waals surface area contributed by atoms with Crippen molar-refractivity contribution in [3.05, 3.63) is 0 Å². The van der Waals surface area contributed by atoms with Gasteiger partial charge in [-0.05, 0) is 26.8 Å². The summed E-state index contributed by atoms with van der Waals surface area (Å²) in [6, 6.07) is 0.527. The van der Waals surface area contributed by atoms with E-state index in [0.717, 1.165) is 0 Å². The second-order valence-corrected chi connectivity index (χ2v) is 4.33. The van der Waals surface area contributed by atoms with Gasteiger partial charge < -0.3 is 10.8 Å². The summed E-state index contributed by atoms with van der Waals surface area (Å²) in [5.41, 5.74) is 6.01. The van der Waals surface area contributed by atoms with E-state index < -0.39 is 0 Å². The average molecular weight is 188 g/mol. The molecule has 0 amide bonds. The van der Waals surface area contributed by atoms with Crippen LogP contribution in [0, 0.1) is 5.92 Å². The summed E-state index contributed by atoms with van der Waals surface area (Å²) in [5.74, 6) is 0.401. The first-order valence-corrected chi connectivity index (χ1v) is 5.00. The summed E-state index contributed by atoms with van der Waals surface area (Å²) < 4.78 is 0. The van der Waals surface area contributed by atoms with Gasteiger partial charge in [-0.25, -0.2) is 0 Å². The molecule has 0 aromatic heterocycles. The van der Waals surface area contributed by atoms with Gasteiger partial charge in [-0.2, -0.15) is 0 Å². The minimum Gasteiger partial charge on any atom is -0.395 e. The lowest BCUT2D eigenvalue weighted by atomic mass is 9.96. The summed E-state index contributed by atoms with van der Waals surface area (Å²) in [7, 11) is 2.01. The molecule has 0 aliphatic carbocycles. The number of likely N-dealkylation sites (N-methyl/N-ethyl adjacent to an activating group) is 1. The van der Waals surface area contributed by atoms with Crippen molar-refractivity contribution in [2.24, 2.45) is 11.7 Å². The van der Waals surface area contributed by atoms with Gasteiger partial charge in [0.1, 0.15) is 0 Å². The SMILES string of the molecule is CC(C)C(N)C(CO)N(C)C(C)C. The van der Waals surface area contributed by atoms with Crippen molar-refractivity contribution < 1.29 is 5.11 Å². The molecular formula is C10H24N2O. The summed E-state index contributed by atoms with van der Waals surface area (Å²) in [4.78, 5) is 2.13. The van der Waals surface area contributed by atoms with Crippen LogP contribution in [0.2, 0.25) is 0 Å². The van der Waals surface area contributed by atoms with Crippen LogP contribution in [0.25, 0.3) is 0 Å². The van der Waals surface area contributed by atoms with E-state index in [9.17, 15) is 5.11 Å². The lowest BCUT2D eigenvalue weighted by Gasteiger charge is -2.35. The Balaban J connectivity index is 4.31. The molecule has 0 fully saturated rings. The number of aliphatic hydroxyl groups is 1. The maximum absolute atomic E-state index is 9.24. The number of nitrogens with zero attached hydrogens (tertiary/aromatic N) is 1. The quantitative estimate of drug-likeness (QED) is 0.667. The molecule has 3 heteroatoms. The van der Waals surface area contributed by atoms with E-state index in [0.29, 0.717) is 12.0 Å². The lowest BCUT2D eigenvalue weighted by molar-refractivity contribution is 0.0905. The third kappa shape index (κ3) is 3.63. The van der Waals surface area contributed by atoms with Crippen molar-refractivity contribution in [3.63, 3.8) is 0 Å². The molecule has 13 heavy (non-hydrogen) atoms. The molecule has 0 saturated carbocycles. The highest BCUT2D eigenvalue weighted by atomic mass is 16.3. The molecule has 0 aromatic carbocycles. The van der Waals surface area contributed by atoms with Gasteiger partial charge in [0.05, 0.1) is 6.61 Å². The Morgan fingerprint density at radius 2 is 1.69 bits per heavy atom. The summed E-state index contributed by atoms with van der Waals surface area (Å²) in [6.07, 6.45) is 0. The van der Waals surface area contributed by atoms with Gasteiger partial charge in [0.2, 0.25) is 0 Å². The molecule has 0 bridgehead atoms. The number of hydrogen-bond acceptors (Lipinski definition) is 3. The Bertz CT molecular complexity index is 123. The van der Waals surface area contributed by atoms with Gasteiger partial charge in [-0.1, -0.05) is 13.8 Å². The smallest absolute Gasteiger partial charge is 0.0602 e. The van der Waals surface area contributed by atoms with E-state index >= 15 is 0 Å². The number of rotatable bonds is 5. The molecular weight excluding hydrogens is 164 g/mol. The van der Waals surface area contributed by atoms with Crippen molar-refractivity contribution in [1.29, 1.82) is 0 Å². The lowest BCUT2D eigenvalue weighted by Crippen LogP contribution is -2.53. The van der Waals surface area contributed by atoms with E-state index in [1.807, 2.05) is 7.05 Å². The molecule has 0 saturated heterocycles. The molecule has 0 aromatic rings. The molecule has 80 valence electrons. The minimum absolute atomic E-state index is 0.0393. The molecule has 3 nitrogen and oxygen atoms in total.